The molecule has 0 spiro atoms. The van der Waals surface area contributed by atoms with E-state index in [1.165, 1.54) is 18.3 Å². The second kappa shape index (κ2) is 6.56. The number of benzene rings is 1. The molecule has 1 aliphatic rings. The zero-order valence-corrected chi connectivity index (χ0v) is 12.4. The molecule has 1 saturated heterocycles. The number of carbonyl (C=O) groups excluding carboxylic acids is 2. The highest BCUT2D eigenvalue weighted by Gasteiger charge is 2.30. The van der Waals surface area contributed by atoms with Crippen molar-refractivity contribution >= 4 is 11.8 Å². The summed E-state index contributed by atoms with van der Waals surface area (Å²) in [5.41, 5.74) is 1.20. The second-order valence-electron chi connectivity index (χ2n) is 5.52. The largest absolute Gasteiger partial charge is 0.347 e. The third-order valence-corrected chi connectivity index (χ3v) is 3.74. The van der Waals surface area contributed by atoms with Gasteiger partial charge in [-0.1, -0.05) is 12.1 Å². The third-order valence-electron chi connectivity index (χ3n) is 3.74. The van der Waals surface area contributed by atoms with Gasteiger partial charge >= 0.3 is 0 Å². The number of halogens is 1. The molecule has 2 amide bonds. The minimum atomic E-state index is -0.324. The molecular formula is C17H16FN3O2. The summed E-state index contributed by atoms with van der Waals surface area (Å²) >= 11 is 0. The lowest BCUT2D eigenvalue weighted by Crippen LogP contribution is -2.37. The van der Waals surface area contributed by atoms with Crippen LogP contribution in [-0.2, 0) is 11.3 Å². The lowest BCUT2D eigenvalue weighted by molar-refractivity contribution is -0.128. The predicted molar refractivity (Wildman–Crippen MR) is 81.9 cm³/mol. The highest BCUT2D eigenvalue weighted by Crippen LogP contribution is 2.16. The Kier molecular flexibility index (Phi) is 4.32. The molecule has 0 saturated carbocycles. The fourth-order valence-electron chi connectivity index (χ4n) is 2.64. The molecule has 0 aliphatic carbocycles. The molecule has 1 atom stereocenters. The van der Waals surface area contributed by atoms with E-state index in [0.717, 1.165) is 5.56 Å². The molecule has 3 rings (SSSR count). The van der Waals surface area contributed by atoms with E-state index in [0.29, 0.717) is 18.7 Å². The molecule has 1 fully saturated rings. The van der Waals surface area contributed by atoms with Crippen LogP contribution < -0.4 is 5.32 Å². The number of nitrogens with one attached hydrogen (secondary N) is 1. The van der Waals surface area contributed by atoms with Gasteiger partial charge in [0.2, 0.25) is 5.91 Å². The van der Waals surface area contributed by atoms with E-state index >= 15 is 0 Å². The van der Waals surface area contributed by atoms with Gasteiger partial charge in [-0.25, -0.2) is 4.39 Å². The number of likely N-dealkylation sites (tertiary alicyclic amines) is 1. The van der Waals surface area contributed by atoms with E-state index < -0.39 is 0 Å². The first-order valence-corrected chi connectivity index (χ1v) is 7.35. The summed E-state index contributed by atoms with van der Waals surface area (Å²) in [5.74, 6) is -0.621. The van der Waals surface area contributed by atoms with Gasteiger partial charge in [0.1, 0.15) is 5.82 Å². The van der Waals surface area contributed by atoms with Crippen molar-refractivity contribution in [1.29, 1.82) is 0 Å². The number of rotatable bonds is 4. The Morgan fingerprint density at radius 2 is 2.22 bits per heavy atom. The van der Waals surface area contributed by atoms with Gasteiger partial charge < -0.3 is 10.2 Å². The molecule has 2 aromatic rings. The van der Waals surface area contributed by atoms with Crippen LogP contribution >= 0.6 is 0 Å². The van der Waals surface area contributed by atoms with E-state index in [-0.39, 0.29) is 30.1 Å². The number of hydrogen-bond acceptors (Lipinski definition) is 3. The quantitative estimate of drug-likeness (QED) is 0.935. The summed E-state index contributed by atoms with van der Waals surface area (Å²) < 4.78 is 13.2. The highest BCUT2D eigenvalue weighted by molar-refractivity contribution is 5.94. The molecule has 1 aromatic heterocycles. The minimum Gasteiger partial charge on any atom is -0.347 e. The van der Waals surface area contributed by atoms with Crippen molar-refractivity contribution in [2.24, 2.45) is 0 Å². The summed E-state index contributed by atoms with van der Waals surface area (Å²) in [6.45, 7) is 0.761. The summed E-state index contributed by atoms with van der Waals surface area (Å²) in [4.78, 5) is 29.7. The molecule has 0 bridgehead atoms. The van der Waals surface area contributed by atoms with Crippen LogP contribution in [-0.4, -0.2) is 34.3 Å². The van der Waals surface area contributed by atoms with Gasteiger partial charge in [-0.3, -0.25) is 14.6 Å². The Morgan fingerprint density at radius 1 is 1.35 bits per heavy atom. The first kappa shape index (κ1) is 15.1. The van der Waals surface area contributed by atoms with Gasteiger partial charge in [0.05, 0.1) is 11.6 Å². The van der Waals surface area contributed by atoms with Crippen molar-refractivity contribution in [2.45, 2.75) is 19.0 Å². The average molecular weight is 313 g/mol. The number of amides is 2. The molecule has 0 radical (unpaired) electrons. The molecule has 118 valence electrons. The lowest BCUT2D eigenvalue weighted by Gasteiger charge is -2.17. The van der Waals surface area contributed by atoms with Crippen LogP contribution in [0, 0.1) is 5.82 Å². The second-order valence-corrected chi connectivity index (χ2v) is 5.52. The van der Waals surface area contributed by atoms with Crippen LogP contribution in [0.2, 0.25) is 0 Å². The van der Waals surface area contributed by atoms with Crippen molar-refractivity contribution in [3.63, 3.8) is 0 Å². The fourth-order valence-corrected chi connectivity index (χ4v) is 2.64. The summed E-state index contributed by atoms with van der Waals surface area (Å²) in [5, 5.41) is 2.84. The number of aromatic nitrogens is 1. The Morgan fingerprint density at radius 3 is 2.96 bits per heavy atom. The Hall–Kier alpha value is -2.76. The molecule has 1 N–H and O–H groups in total. The van der Waals surface area contributed by atoms with Crippen molar-refractivity contribution in [3.8, 4) is 0 Å². The molecule has 1 aliphatic heterocycles. The Bertz CT molecular complexity index is 721. The minimum absolute atomic E-state index is 0.0502. The van der Waals surface area contributed by atoms with Crippen molar-refractivity contribution in [1.82, 2.24) is 15.2 Å². The molecule has 23 heavy (non-hydrogen) atoms. The zero-order valence-electron chi connectivity index (χ0n) is 12.4. The van der Waals surface area contributed by atoms with Crippen LogP contribution in [0.3, 0.4) is 0 Å². The van der Waals surface area contributed by atoms with Crippen molar-refractivity contribution < 1.29 is 14.0 Å². The van der Waals surface area contributed by atoms with Crippen LogP contribution in [0.15, 0.2) is 48.8 Å². The average Bonchev–Trinajstić information content (AvgIpc) is 2.87. The highest BCUT2D eigenvalue weighted by atomic mass is 19.1. The first-order chi connectivity index (χ1) is 11.1. The standard InChI is InChI=1S/C17H16FN3O2/c18-14-5-1-3-12(7-14)10-21-11-15(8-16(21)22)20-17(23)13-4-2-6-19-9-13/h1-7,9,15H,8,10-11H2,(H,20,23)/t15-/m0/s1. The summed E-state index contributed by atoms with van der Waals surface area (Å²) in [7, 11) is 0. The molecule has 1 aromatic carbocycles. The van der Waals surface area contributed by atoms with Gasteiger partial charge in [-0.2, -0.15) is 0 Å². The van der Waals surface area contributed by atoms with Gasteiger partial charge in [0.25, 0.3) is 5.91 Å². The van der Waals surface area contributed by atoms with Crippen LogP contribution in [0.5, 0.6) is 0 Å². The van der Waals surface area contributed by atoms with Crippen molar-refractivity contribution in [3.05, 3.63) is 65.7 Å². The van der Waals surface area contributed by atoms with E-state index in [1.807, 2.05) is 0 Å². The Balaban J connectivity index is 1.60. The summed E-state index contributed by atoms with van der Waals surface area (Å²) in [6, 6.07) is 9.28. The maximum absolute atomic E-state index is 13.2. The third kappa shape index (κ3) is 3.71. The smallest absolute Gasteiger partial charge is 0.253 e. The van der Waals surface area contributed by atoms with E-state index in [1.54, 1.807) is 35.4 Å². The van der Waals surface area contributed by atoms with Gasteiger partial charge in [-0.15, -0.1) is 0 Å². The number of hydrogen-bond donors (Lipinski definition) is 1. The number of pyridine rings is 1. The molecule has 6 heteroatoms. The van der Waals surface area contributed by atoms with Gasteiger partial charge in [-0.05, 0) is 29.8 Å². The topological polar surface area (TPSA) is 62.3 Å². The van der Waals surface area contributed by atoms with Crippen molar-refractivity contribution in [2.75, 3.05) is 6.54 Å². The molecular weight excluding hydrogens is 297 g/mol. The SMILES string of the molecule is O=C(N[C@H]1CC(=O)N(Cc2cccc(F)c2)C1)c1cccnc1. The number of nitrogens with zero attached hydrogens (tertiary/aromatic N) is 2. The molecule has 2 heterocycles. The van der Waals surface area contributed by atoms with E-state index in [2.05, 4.69) is 10.3 Å². The number of carbonyl (C=O) groups is 2. The maximum Gasteiger partial charge on any atom is 0.253 e. The normalized spacial score (nSPS) is 17.3. The first-order valence-electron chi connectivity index (χ1n) is 7.35. The predicted octanol–water partition coefficient (Wildman–Crippen LogP) is 1.75. The van der Waals surface area contributed by atoms with Gasteiger partial charge in [0, 0.05) is 31.9 Å². The maximum atomic E-state index is 13.2. The van der Waals surface area contributed by atoms with Crippen LogP contribution in [0.25, 0.3) is 0 Å². The Labute approximate surface area is 133 Å². The van der Waals surface area contributed by atoms with E-state index in [4.69, 9.17) is 0 Å². The van der Waals surface area contributed by atoms with E-state index in [9.17, 15) is 14.0 Å². The van der Waals surface area contributed by atoms with Gasteiger partial charge in [0.15, 0.2) is 0 Å². The fraction of sp³-hybridized carbons (Fsp3) is 0.235. The zero-order chi connectivity index (χ0) is 16.2. The monoisotopic (exact) mass is 313 g/mol. The molecule has 0 unspecified atom stereocenters. The lowest BCUT2D eigenvalue weighted by atomic mass is 10.2. The molecule has 5 nitrogen and oxygen atoms in total. The van der Waals surface area contributed by atoms with Crippen LogP contribution in [0.4, 0.5) is 4.39 Å². The van der Waals surface area contributed by atoms with Crippen LogP contribution in [0.1, 0.15) is 22.3 Å². The summed E-state index contributed by atoms with van der Waals surface area (Å²) in [6.07, 6.45) is 3.33.